The van der Waals surface area contributed by atoms with Crippen LogP contribution in [0.25, 0.3) is 0 Å². The van der Waals surface area contributed by atoms with Crippen molar-refractivity contribution in [2.75, 3.05) is 52.9 Å². The number of hydrogen-bond donors (Lipinski definition) is 2. The Balaban J connectivity index is 0.000000185. The largest absolute Gasteiger partial charge is 0.386 e. The van der Waals surface area contributed by atoms with Gasteiger partial charge in [0.2, 0.25) is 0 Å². The topological polar surface area (TPSA) is 77.4 Å². The van der Waals surface area contributed by atoms with Crippen LogP contribution in [0, 0.1) is 23.7 Å². The first-order valence-electron chi connectivity index (χ1n) is 17.4. The summed E-state index contributed by atoms with van der Waals surface area (Å²) in [6.07, 6.45) is 12.5. The maximum absolute atomic E-state index is 9.81. The van der Waals surface area contributed by atoms with E-state index in [4.69, 9.17) is 18.9 Å². The highest BCUT2D eigenvalue weighted by molar-refractivity contribution is 5.17. The molecule has 6 heteroatoms. The normalized spacial score (nSPS) is 22.8. The molecule has 44 heavy (non-hydrogen) atoms. The standard InChI is InChI=1S/2C14H22O3.C10H16/c2*1-2-16-10-6-7-11-17-12-14(15)13-8-4-3-5-9-13;1-2-9-7-4-5-8(6-7)10(9)3-1/h2*3-5,8-9,14-15H,2,6-7,10-12H2,1H3;7-10H,1-6H2. The molecule has 0 radical (unpaired) electrons. The van der Waals surface area contributed by atoms with E-state index in [1.54, 1.807) is 38.5 Å². The lowest BCUT2D eigenvalue weighted by Crippen LogP contribution is -2.15. The van der Waals surface area contributed by atoms with Gasteiger partial charge >= 0.3 is 0 Å². The van der Waals surface area contributed by atoms with E-state index >= 15 is 0 Å². The van der Waals surface area contributed by atoms with Crippen molar-refractivity contribution in [1.82, 2.24) is 0 Å². The average Bonchev–Trinajstić information content (AvgIpc) is 3.82. The van der Waals surface area contributed by atoms with E-state index in [9.17, 15) is 10.2 Å². The second-order valence-electron chi connectivity index (χ2n) is 12.4. The highest BCUT2D eigenvalue weighted by Crippen LogP contribution is 2.58. The van der Waals surface area contributed by atoms with Crippen LogP contribution in [0.1, 0.15) is 101 Å². The number of unbranched alkanes of at least 4 members (excludes halogenated alkanes) is 2. The molecular formula is C38H60O6. The molecule has 248 valence electrons. The lowest BCUT2D eigenvalue weighted by molar-refractivity contribution is 0.0317. The number of hydrogen-bond acceptors (Lipinski definition) is 6. The quantitative estimate of drug-likeness (QED) is 0.167. The first-order chi connectivity index (χ1) is 21.6. The van der Waals surface area contributed by atoms with Crippen molar-refractivity contribution >= 4 is 0 Å². The van der Waals surface area contributed by atoms with Crippen molar-refractivity contribution in [3.05, 3.63) is 71.8 Å². The van der Waals surface area contributed by atoms with Crippen LogP contribution in [0.15, 0.2) is 60.7 Å². The van der Waals surface area contributed by atoms with Gasteiger partial charge < -0.3 is 29.2 Å². The monoisotopic (exact) mass is 612 g/mol. The fourth-order valence-electron chi connectivity index (χ4n) is 7.06. The molecule has 5 rings (SSSR count). The summed E-state index contributed by atoms with van der Waals surface area (Å²) < 4.78 is 21.3. The maximum Gasteiger partial charge on any atom is 0.102 e. The maximum atomic E-state index is 9.81. The lowest BCUT2D eigenvalue weighted by Gasteiger charge is -2.23. The molecule has 2 N–H and O–H groups in total. The van der Waals surface area contributed by atoms with E-state index in [-0.39, 0.29) is 0 Å². The molecule has 0 saturated heterocycles. The first kappa shape index (κ1) is 36.7. The minimum atomic E-state index is -0.525. The van der Waals surface area contributed by atoms with Gasteiger partial charge in [-0.1, -0.05) is 67.1 Å². The van der Waals surface area contributed by atoms with Gasteiger partial charge in [-0.05, 0) is 106 Å². The van der Waals surface area contributed by atoms with Crippen LogP contribution < -0.4 is 0 Å². The smallest absolute Gasteiger partial charge is 0.102 e. The molecule has 2 bridgehead atoms. The van der Waals surface area contributed by atoms with E-state index in [2.05, 4.69) is 0 Å². The van der Waals surface area contributed by atoms with Gasteiger partial charge in [-0.15, -0.1) is 0 Å². The second-order valence-corrected chi connectivity index (χ2v) is 12.4. The minimum absolute atomic E-state index is 0.360. The Bertz CT molecular complexity index is 865. The van der Waals surface area contributed by atoms with Gasteiger partial charge in [0, 0.05) is 39.6 Å². The summed E-state index contributed by atoms with van der Waals surface area (Å²) >= 11 is 0. The number of aliphatic hydroxyl groups is 2. The molecule has 0 spiro atoms. The lowest BCUT2D eigenvalue weighted by atomic mass is 9.82. The molecule has 0 aromatic heterocycles. The summed E-state index contributed by atoms with van der Waals surface area (Å²) in [5.41, 5.74) is 1.81. The fourth-order valence-corrected chi connectivity index (χ4v) is 7.06. The molecule has 6 nitrogen and oxygen atoms in total. The van der Waals surface area contributed by atoms with Gasteiger partial charge in [0.1, 0.15) is 12.2 Å². The van der Waals surface area contributed by atoms with Crippen LogP contribution in [0.3, 0.4) is 0 Å². The Morgan fingerprint density at radius 1 is 0.568 bits per heavy atom. The van der Waals surface area contributed by atoms with Crippen LogP contribution in [-0.2, 0) is 18.9 Å². The summed E-state index contributed by atoms with van der Waals surface area (Å²) in [5, 5.41) is 19.6. The zero-order valence-electron chi connectivity index (χ0n) is 27.5. The third-order valence-corrected chi connectivity index (χ3v) is 9.33. The zero-order valence-corrected chi connectivity index (χ0v) is 27.5. The van der Waals surface area contributed by atoms with Crippen molar-refractivity contribution in [2.24, 2.45) is 23.7 Å². The summed E-state index contributed by atoms with van der Waals surface area (Å²) in [6, 6.07) is 19.2. The fraction of sp³-hybridized carbons (Fsp3) is 0.684. The highest BCUT2D eigenvalue weighted by Gasteiger charge is 2.48. The van der Waals surface area contributed by atoms with Crippen LogP contribution >= 0.6 is 0 Å². The van der Waals surface area contributed by atoms with E-state index < -0.39 is 12.2 Å². The Morgan fingerprint density at radius 3 is 1.34 bits per heavy atom. The Hall–Kier alpha value is -1.80. The molecule has 6 atom stereocenters. The van der Waals surface area contributed by atoms with Gasteiger partial charge in [-0.2, -0.15) is 0 Å². The van der Waals surface area contributed by atoms with E-state index in [1.165, 1.54) is 23.7 Å². The summed E-state index contributed by atoms with van der Waals surface area (Å²) in [7, 11) is 0. The molecular weight excluding hydrogens is 552 g/mol. The zero-order chi connectivity index (χ0) is 31.2. The van der Waals surface area contributed by atoms with Gasteiger partial charge in [0.15, 0.2) is 0 Å². The number of ether oxygens (including phenoxy) is 4. The van der Waals surface area contributed by atoms with Crippen molar-refractivity contribution < 1.29 is 29.2 Å². The third-order valence-electron chi connectivity index (χ3n) is 9.33. The van der Waals surface area contributed by atoms with Crippen molar-refractivity contribution in [2.45, 2.75) is 90.3 Å². The molecule has 6 unspecified atom stereocenters. The van der Waals surface area contributed by atoms with Gasteiger partial charge in [-0.3, -0.25) is 0 Å². The molecule has 0 heterocycles. The van der Waals surface area contributed by atoms with Gasteiger partial charge in [0.05, 0.1) is 13.2 Å². The van der Waals surface area contributed by atoms with Crippen molar-refractivity contribution in [1.29, 1.82) is 0 Å². The molecule has 2 aromatic carbocycles. The molecule has 2 aromatic rings. The molecule has 3 aliphatic rings. The van der Waals surface area contributed by atoms with Gasteiger partial charge in [0.25, 0.3) is 0 Å². The Labute approximate surface area is 267 Å². The number of fused-ring (bicyclic) bond motifs is 5. The molecule has 3 fully saturated rings. The third kappa shape index (κ3) is 13.7. The first-order valence-corrected chi connectivity index (χ1v) is 17.4. The SMILES string of the molecule is C1CC2C3CCC(C3)C2C1.CCOCCCCOCC(O)c1ccccc1.CCOCCCCOCC(O)c1ccccc1. The predicted octanol–water partition coefficient (Wildman–Crippen LogP) is 7.94. The van der Waals surface area contributed by atoms with E-state index in [1.807, 2.05) is 74.5 Å². The van der Waals surface area contributed by atoms with Crippen LogP contribution in [0.4, 0.5) is 0 Å². The molecule has 3 saturated carbocycles. The van der Waals surface area contributed by atoms with Gasteiger partial charge in [-0.25, -0.2) is 0 Å². The Kier molecular flexibility index (Phi) is 18.9. The number of aliphatic hydroxyl groups excluding tert-OH is 2. The Morgan fingerprint density at radius 2 is 0.955 bits per heavy atom. The van der Waals surface area contributed by atoms with E-state index in [0.717, 1.165) is 63.2 Å². The second kappa shape index (κ2) is 22.7. The predicted molar refractivity (Wildman–Crippen MR) is 178 cm³/mol. The number of rotatable bonds is 18. The van der Waals surface area contributed by atoms with Crippen LogP contribution in [0.2, 0.25) is 0 Å². The summed E-state index contributed by atoms with van der Waals surface area (Å²) in [4.78, 5) is 0. The molecule has 0 amide bonds. The average molecular weight is 613 g/mol. The van der Waals surface area contributed by atoms with Crippen molar-refractivity contribution in [3.8, 4) is 0 Å². The molecule has 0 aliphatic heterocycles. The number of benzene rings is 2. The minimum Gasteiger partial charge on any atom is -0.386 e. The van der Waals surface area contributed by atoms with Crippen molar-refractivity contribution in [3.63, 3.8) is 0 Å². The highest BCUT2D eigenvalue weighted by atomic mass is 16.5. The van der Waals surface area contributed by atoms with Crippen LogP contribution in [-0.4, -0.2) is 63.1 Å². The van der Waals surface area contributed by atoms with E-state index in [0.29, 0.717) is 26.4 Å². The van der Waals surface area contributed by atoms with Crippen LogP contribution in [0.5, 0.6) is 0 Å². The molecule has 3 aliphatic carbocycles. The summed E-state index contributed by atoms with van der Waals surface area (Å²) in [6.45, 7) is 9.19. The summed E-state index contributed by atoms with van der Waals surface area (Å²) in [5.74, 6) is 4.80.